The number of nitrogens with zero attached hydrogens (tertiary/aromatic N) is 5. The maximum atomic E-state index is 13.2. The summed E-state index contributed by atoms with van der Waals surface area (Å²) in [5.74, 6) is -0.164. The Morgan fingerprint density at radius 3 is 2.48 bits per heavy atom. The second kappa shape index (κ2) is 8.58. The first-order chi connectivity index (χ1) is 16.0. The molecule has 166 valence electrons. The highest BCUT2D eigenvalue weighted by atomic mass is 16.1. The third kappa shape index (κ3) is 4.53. The monoisotopic (exact) mass is 438 g/mol. The molecule has 4 aromatic rings. The fourth-order valence-electron chi connectivity index (χ4n) is 3.87. The smallest absolute Gasteiger partial charge is 0.251 e. The van der Waals surface area contributed by atoms with Crippen LogP contribution in [-0.2, 0) is 6.54 Å². The van der Waals surface area contributed by atoms with Gasteiger partial charge in [-0.15, -0.1) is 0 Å². The molecule has 0 radical (unpaired) electrons. The first kappa shape index (κ1) is 21.0. The molecule has 0 aliphatic heterocycles. The molecule has 3 aromatic heterocycles. The molecule has 0 bridgehead atoms. The Balaban J connectivity index is 1.52. The predicted octanol–water partition coefficient (Wildman–Crippen LogP) is 4.59. The van der Waals surface area contributed by atoms with Crippen LogP contribution >= 0.6 is 0 Å². The SMILES string of the molecule is Cc1ccc(-c2cc(C(=O)NCc3cnc(C)cn3)cc(-c3c(C)cnn3C3CC3)c2)nc1. The van der Waals surface area contributed by atoms with Gasteiger partial charge >= 0.3 is 0 Å². The molecule has 1 saturated carbocycles. The molecule has 0 atom stereocenters. The molecule has 0 saturated heterocycles. The Hall–Kier alpha value is -3.87. The molecule has 1 aliphatic rings. The highest BCUT2D eigenvalue weighted by molar-refractivity contribution is 5.97. The molecular formula is C26H26N6O. The van der Waals surface area contributed by atoms with Crippen molar-refractivity contribution in [1.82, 2.24) is 30.0 Å². The van der Waals surface area contributed by atoms with Crippen molar-refractivity contribution in [2.24, 2.45) is 0 Å². The van der Waals surface area contributed by atoms with Gasteiger partial charge in [-0.2, -0.15) is 5.10 Å². The van der Waals surface area contributed by atoms with E-state index in [2.05, 4.69) is 43.0 Å². The summed E-state index contributed by atoms with van der Waals surface area (Å²) in [6, 6.07) is 10.4. The largest absolute Gasteiger partial charge is 0.346 e. The standard InChI is InChI=1S/C26H26N6O/c1-16-4-7-24(29-11-16)19-8-20(25-17(2)12-31-32(25)23-5-6-23)10-21(9-19)26(33)30-15-22-14-27-18(3)13-28-22/h4,7-14,23H,5-6,15H2,1-3H3,(H,30,33). The topological polar surface area (TPSA) is 85.6 Å². The number of carbonyl (C=O) groups is 1. The lowest BCUT2D eigenvalue weighted by atomic mass is 9.99. The number of rotatable bonds is 6. The van der Waals surface area contributed by atoms with Crippen molar-refractivity contribution in [2.45, 2.75) is 46.2 Å². The van der Waals surface area contributed by atoms with Gasteiger partial charge in [-0.1, -0.05) is 6.07 Å². The highest BCUT2D eigenvalue weighted by Crippen LogP contribution is 2.39. The molecule has 7 heteroatoms. The maximum Gasteiger partial charge on any atom is 0.251 e. The molecular weight excluding hydrogens is 412 g/mol. The number of aryl methyl sites for hydroxylation is 3. The van der Waals surface area contributed by atoms with E-state index in [1.807, 2.05) is 50.5 Å². The van der Waals surface area contributed by atoms with Crippen LogP contribution in [0.2, 0.25) is 0 Å². The predicted molar refractivity (Wildman–Crippen MR) is 127 cm³/mol. The number of nitrogens with one attached hydrogen (secondary N) is 1. The summed E-state index contributed by atoms with van der Waals surface area (Å²) in [5, 5.41) is 7.59. The molecule has 1 N–H and O–H groups in total. The number of carbonyl (C=O) groups excluding carboxylic acids is 1. The second-order valence-corrected chi connectivity index (χ2v) is 8.70. The van der Waals surface area contributed by atoms with E-state index in [1.165, 1.54) is 0 Å². The molecule has 1 amide bonds. The Morgan fingerprint density at radius 2 is 1.79 bits per heavy atom. The van der Waals surface area contributed by atoms with Gasteiger partial charge in [0.1, 0.15) is 0 Å². The fourth-order valence-corrected chi connectivity index (χ4v) is 3.87. The van der Waals surface area contributed by atoms with E-state index in [9.17, 15) is 4.79 Å². The van der Waals surface area contributed by atoms with Gasteiger partial charge in [-0.05, 0) is 69.0 Å². The van der Waals surface area contributed by atoms with E-state index in [-0.39, 0.29) is 5.91 Å². The quantitative estimate of drug-likeness (QED) is 0.476. The number of benzene rings is 1. The molecule has 1 aliphatic carbocycles. The van der Waals surface area contributed by atoms with Crippen LogP contribution in [0.1, 0.15) is 51.8 Å². The molecule has 5 rings (SSSR count). The van der Waals surface area contributed by atoms with E-state index in [0.717, 1.165) is 52.2 Å². The molecule has 1 aromatic carbocycles. The summed E-state index contributed by atoms with van der Waals surface area (Å²) in [4.78, 5) is 26.3. The van der Waals surface area contributed by atoms with Crippen LogP contribution in [0.3, 0.4) is 0 Å². The van der Waals surface area contributed by atoms with E-state index in [4.69, 9.17) is 0 Å². The van der Waals surface area contributed by atoms with Gasteiger partial charge in [0.05, 0.1) is 47.8 Å². The van der Waals surface area contributed by atoms with Gasteiger partial charge in [0.15, 0.2) is 0 Å². The Labute approximate surface area is 192 Å². The van der Waals surface area contributed by atoms with Gasteiger partial charge < -0.3 is 5.32 Å². The van der Waals surface area contributed by atoms with Crippen LogP contribution in [0.25, 0.3) is 22.5 Å². The number of aromatic nitrogens is 5. The minimum Gasteiger partial charge on any atom is -0.346 e. The zero-order valence-corrected chi connectivity index (χ0v) is 19.0. The number of pyridine rings is 1. The third-order valence-corrected chi connectivity index (χ3v) is 5.81. The lowest BCUT2D eigenvalue weighted by molar-refractivity contribution is 0.0950. The number of amides is 1. The van der Waals surface area contributed by atoms with Crippen molar-refractivity contribution in [2.75, 3.05) is 0 Å². The van der Waals surface area contributed by atoms with Crippen molar-refractivity contribution in [1.29, 1.82) is 0 Å². The van der Waals surface area contributed by atoms with Crippen molar-refractivity contribution >= 4 is 5.91 Å². The molecule has 1 fully saturated rings. The minimum atomic E-state index is -0.164. The highest BCUT2D eigenvalue weighted by Gasteiger charge is 2.28. The zero-order valence-electron chi connectivity index (χ0n) is 19.0. The van der Waals surface area contributed by atoms with Crippen molar-refractivity contribution in [3.63, 3.8) is 0 Å². The van der Waals surface area contributed by atoms with Crippen LogP contribution in [0.4, 0.5) is 0 Å². The molecule has 0 spiro atoms. The summed E-state index contributed by atoms with van der Waals surface area (Å²) in [6.45, 7) is 6.27. The first-order valence-corrected chi connectivity index (χ1v) is 11.2. The third-order valence-electron chi connectivity index (χ3n) is 5.81. The molecule has 33 heavy (non-hydrogen) atoms. The summed E-state index contributed by atoms with van der Waals surface area (Å²) in [7, 11) is 0. The van der Waals surface area contributed by atoms with Crippen molar-refractivity contribution in [3.8, 4) is 22.5 Å². The summed E-state index contributed by atoms with van der Waals surface area (Å²) in [6.07, 6.45) is 9.41. The zero-order chi connectivity index (χ0) is 22.9. The minimum absolute atomic E-state index is 0.164. The molecule has 0 unspecified atom stereocenters. The Kier molecular flexibility index (Phi) is 5.46. The molecule has 7 nitrogen and oxygen atoms in total. The maximum absolute atomic E-state index is 13.2. The van der Waals surface area contributed by atoms with E-state index in [1.54, 1.807) is 12.4 Å². The van der Waals surface area contributed by atoms with Crippen LogP contribution in [0, 0.1) is 20.8 Å². The second-order valence-electron chi connectivity index (χ2n) is 8.70. The molecule has 3 heterocycles. The Morgan fingerprint density at radius 1 is 0.970 bits per heavy atom. The van der Waals surface area contributed by atoms with Gasteiger partial charge in [0.2, 0.25) is 0 Å². The summed E-state index contributed by atoms with van der Waals surface area (Å²) >= 11 is 0. The van der Waals surface area contributed by atoms with Crippen molar-refractivity contribution < 1.29 is 4.79 Å². The van der Waals surface area contributed by atoms with Crippen LogP contribution < -0.4 is 5.32 Å². The van der Waals surface area contributed by atoms with Gasteiger partial charge in [-0.3, -0.25) is 24.4 Å². The van der Waals surface area contributed by atoms with Crippen LogP contribution in [-0.4, -0.2) is 30.6 Å². The fraction of sp³-hybridized carbons (Fsp3) is 0.269. The Bertz CT molecular complexity index is 1300. The van der Waals surface area contributed by atoms with E-state index in [0.29, 0.717) is 23.8 Å². The summed E-state index contributed by atoms with van der Waals surface area (Å²) < 4.78 is 2.10. The van der Waals surface area contributed by atoms with Crippen molar-refractivity contribution in [3.05, 3.63) is 83.2 Å². The van der Waals surface area contributed by atoms with E-state index >= 15 is 0 Å². The van der Waals surface area contributed by atoms with Gasteiger partial charge in [0, 0.05) is 29.1 Å². The average molecular weight is 439 g/mol. The number of hydrogen-bond donors (Lipinski definition) is 1. The van der Waals surface area contributed by atoms with E-state index < -0.39 is 0 Å². The van der Waals surface area contributed by atoms with Gasteiger partial charge in [-0.25, -0.2) is 0 Å². The normalized spacial score (nSPS) is 13.2. The van der Waals surface area contributed by atoms with Crippen LogP contribution in [0.15, 0.2) is 55.1 Å². The summed E-state index contributed by atoms with van der Waals surface area (Å²) in [5.41, 5.74) is 8.08. The lowest BCUT2D eigenvalue weighted by Crippen LogP contribution is -2.23. The number of hydrogen-bond acceptors (Lipinski definition) is 5. The van der Waals surface area contributed by atoms with Crippen LogP contribution in [0.5, 0.6) is 0 Å². The van der Waals surface area contributed by atoms with Gasteiger partial charge in [0.25, 0.3) is 5.91 Å². The lowest BCUT2D eigenvalue weighted by Gasteiger charge is -2.13. The average Bonchev–Trinajstić information content (AvgIpc) is 3.60. The first-order valence-electron chi connectivity index (χ1n) is 11.2.